The van der Waals surface area contributed by atoms with Crippen LogP contribution in [0.1, 0.15) is 130 Å². The molecule has 0 saturated carbocycles. The Bertz CT molecular complexity index is 389. The zero-order valence-electron chi connectivity index (χ0n) is 20.6. The summed E-state index contributed by atoms with van der Waals surface area (Å²) in [6.07, 6.45) is 23.2. The van der Waals surface area contributed by atoms with Gasteiger partial charge in [-0.2, -0.15) is 0 Å². The number of hydrogen-bond acceptors (Lipinski definition) is 3. The van der Waals surface area contributed by atoms with Gasteiger partial charge in [-0.3, -0.25) is 9.89 Å². The highest BCUT2D eigenvalue weighted by Gasteiger charge is 2.24. The third-order valence-electron chi connectivity index (χ3n) is 6.76. The van der Waals surface area contributed by atoms with Gasteiger partial charge in [0.2, 0.25) is 0 Å². The van der Waals surface area contributed by atoms with Crippen LogP contribution in [-0.4, -0.2) is 48.0 Å². The van der Waals surface area contributed by atoms with Crippen molar-refractivity contribution in [1.29, 1.82) is 0 Å². The quantitative estimate of drug-likeness (QED) is 0.193. The summed E-state index contributed by atoms with van der Waals surface area (Å²) in [4.78, 5) is 9.90. The standard InChI is InChI=1S/C26H53N3/c1-5-8-9-10-11-12-13-14-15-16-17-18-19-20-21-22-26-27-23-24-29(26)25(4)28(6-2)7-3/h25H,5-24H2,1-4H3. The maximum absolute atomic E-state index is 4.81. The number of rotatable bonds is 20. The van der Waals surface area contributed by atoms with Gasteiger partial charge in [0.15, 0.2) is 0 Å². The fourth-order valence-corrected chi connectivity index (χ4v) is 4.74. The number of hydrogen-bond donors (Lipinski definition) is 0. The van der Waals surface area contributed by atoms with Crippen LogP contribution < -0.4 is 0 Å². The lowest BCUT2D eigenvalue weighted by molar-refractivity contribution is 0.123. The molecule has 0 radical (unpaired) electrons. The van der Waals surface area contributed by atoms with Crippen molar-refractivity contribution in [3.63, 3.8) is 0 Å². The molecule has 0 aromatic carbocycles. The highest BCUT2D eigenvalue weighted by atomic mass is 15.4. The monoisotopic (exact) mass is 407 g/mol. The summed E-state index contributed by atoms with van der Waals surface area (Å²) in [5, 5.41) is 0. The van der Waals surface area contributed by atoms with E-state index in [9.17, 15) is 0 Å². The zero-order valence-corrected chi connectivity index (χ0v) is 20.6. The Labute approximate surface area is 183 Å². The van der Waals surface area contributed by atoms with E-state index in [4.69, 9.17) is 4.99 Å². The minimum absolute atomic E-state index is 0.502. The normalized spacial score (nSPS) is 15.3. The third kappa shape index (κ3) is 12.0. The summed E-state index contributed by atoms with van der Waals surface area (Å²) >= 11 is 0. The van der Waals surface area contributed by atoms with Crippen LogP contribution in [0.4, 0.5) is 0 Å². The SMILES string of the molecule is CCCCCCCCCCCCCCCCCC1=NCCN1C(C)N(CC)CC. The lowest BCUT2D eigenvalue weighted by Crippen LogP contribution is -2.48. The van der Waals surface area contributed by atoms with Crippen LogP contribution in [0.25, 0.3) is 0 Å². The smallest absolute Gasteiger partial charge is 0.100 e. The highest BCUT2D eigenvalue weighted by Crippen LogP contribution is 2.17. The van der Waals surface area contributed by atoms with Crippen molar-refractivity contribution in [2.45, 2.75) is 137 Å². The van der Waals surface area contributed by atoms with Gasteiger partial charge in [-0.15, -0.1) is 0 Å². The number of nitrogens with zero attached hydrogens (tertiary/aromatic N) is 3. The predicted molar refractivity (Wildman–Crippen MR) is 131 cm³/mol. The van der Waals surface area contributed by atoms with E-state index in [0.29, 0.717) is 6.17 Å². The van der Waals surface area contributed by atoms with Crippen molar-refractivity contribution < 1.29 is 0 Å². The molecule has 29 heavy (non-hydrogen) atoms. The Morgan fingerprint density at radius 1 is 0.724 bits per heavy atom. The number of unbranched alkanes of at least 4 members (excludes halogenated alkanes) is 14. The molecule has 0 aromatic rings. The molecule has 0 amide bonds. The largest absolute Gasteiger partial charge is 0.343 e. The maximum atomic E-state index is 4.81. The Balaban J connectivity index is 1.93. The summed E-state index contributed by atoms with van der Waals surface area (Å²) < 4.78 is 0. The molecule has 1 aliphatic heterocycles. The van der Waals surface area contributed by atoms with Crippen LogP contribution in [-0.2, 0) is 0 Å². The van der Waals surface area contributed by atoms with Gasteiger partial charge in [-0.05, 0) is 26.4 Å². The Morgan fingerprint density at radius 2 is 1.17 bits per heavy atom. The Kier molecular flexibility index (Phi) is 16.6. The molecule has 1 heterocycles. The Morgan fingerprint density at radius 3 is 1.62 bits per heavy atom. The molecule has 1 aliphatic rings. The van der Waals surface area contributed by atoms with Crippen molar-refractivity contribution in [3.05, 3.63) is 0 Å². The molecule has 3 heteroatoms. The molecular weight excluding hydrogens is 354 g/mol. The minimum atomic E-state index is 0.502. The van der Waals surface area contributed by atoms with E-state index >= 15 is 0 Å². The summed E-state index contributed by atoms with van der Waals surface area (Å²) in [6.45, 7) is 13.5. The van der Waals surface area contributed by atoms with Crippen molar-refractivity contribution in [3.8, 4) is 0 Å². The molecule has 0 saturated heterocycles. The van der Waals surface area contributed by atoms with Gasteiger partial charge in [-0.25, -0.2) is 0 Å². The van der Waals surface area contributed by atoms with Crippen LogP contribution in [0.3, 0.4) is 0 Å². The second-order valence-corrected chi connectivity index (χ2v) is 9.04. The van der Waals surface area contributed by atoms with E-state index in [1.54, 1.807) is 0 Å². The maximum Gasteiger partial charge on any atom is 0.100 e. The first-order valence-corrected chi connectivity index (χ1v) is 13.3. The van der Waals surface area contributed by atoms with Gasteiger partial charge < -0.3 is 4.90 Å². The zero-order chi connectivity index (χ0) is 21.2. The summed E-state index contributed by atoms with van der Waals surface area (Å²) in [7, 11) is 0. The topological polar surface area (TPSA) is 18.8 Å². The molecule has 1 unspecified atom stereocenters. The molecule has 0 aliphatic carbocycles. The van der Waals surface area contributed by atoms with Crippen LogP contribution in [0.5, 0.6) is 0 Å². The lowest BCUT2D eigenvalue weighted by atomic mass is 10.0. The first-order chi connectivity index (χ1) is 14.2. The van der Waals surface area contributed by atoms with Crippen LogP contribution in [0, 0.1) is 0 Å². The van der Waals surface area contributed by atoms with Crippen molar-refractivity contribution in [2.24, 2.45) is 4.99 Å². The van der Waals surface area contributed by atoms with E-state index in [1.807, 2.05) is 0 Å². The fraction of sp³-hybridized carbons (Fsp3) is 0.962. The summed E-state index contributed by atoms with van der Waals surface area (Å²) in [6, 6.07) is 0. The molecule has 0 fully saturated rings. The van der Waals surface area contributed by atoms with Gasteiger partial charge in [0.25, 0.3) is 0 Å². The summed E-state index contributed by atoms with van der Waals surface area (Å²) in [5.41, 5.74) is 0. The molecule has 0 N–H and O–H groups in total. The molecule has 3 nitrogen and oxygen atoms in total. The van der Waals surface area contributed by atoms with Gasteiger partial charge in [-0.1, -0.05) is 111 Å². The van der Waals surface area contributed by atoms with Gasteiger partial charge in [0, 0.05) is 13.0 Å². The molecule has 1 rings (SSSR count). The van der Waals surface area contributed by atoms with Crippen LogP contribution in [0.15, 0.2) is 4.99 Å². The second kappa shape index (κ2) is 18.2. The van der Waals surface area contributed by atoms with Gasteiger partial charge in [0.1, 0.15) is 5.84 Å². The predicted octanol–water partition coefficient (Wildman–Crippen LogP) is 7.65. The van der Waals surface area contributed by atoms with E-state index in [-0.39, 0.29) is 0 Å². The van der Waals surface area contributed by atoms with Crippen molar-refractivity contribution >= 4 is 5.84 Å². The average Bonchev–Trinajstić information content (AvgIpc) is 3.20. The number of amidine groups is 1. The molecular formula is C26H53N3. The second-order valence-electron chi connectivity index (χ2n) is 9.04. The Hall–Kier alpha value is -0.570. The van der Waals surface area contributed by atoms with Crippen molar-refractivity contribution in [1.82, 2.24) is 9.80 Å². The van der Waals surface area contributed by atoms with Gasteiger partial charge >= 0.3 is 0 Å². The molecule has 0 spiro atoms. The van der Waals surface area contributed by atoms with Gasteiger partial charge in [0.05, 0.1) is 12.7 Å². The van der Waals surface area contributed by atoms with E-state index < -0.39 is 0 Å². The number of aliphatic imine (C=N–C) groups is 1. The third-order valence-corrected chi connectivity index (χ3v) is 6.76. The molecule has 172 valence electrons. The molecule has 0 bridgehead atoms. The minimum Gasteiger partial charge on any atom is -0.343 e. The van der Waals surface area contributed by atoms with E-state index in [0.717, 1.165) is 26.2 Å². The van der Waals surface area contributed by atoms with E-state index in [1.165, 1.54) is 109 Å². The van der Waals surface area contributed by atoms with Crippen molar-refractivity contribution in [2.75, 3.05) is 26.2 Å². The first-order valence-electron chi connectivity index (χ1n) is 13.3. The van der Waals surface area contributed by atoms with Crippen LogP contribution in [0.2, 0.25) is 0 Å². The lowest BCUT2D eigenvalue weighted by Gasteiger charge is -2.36. The van der Waals surface area contributed by atoms with E-state index in [2.05, 4.69) is 37.5 Å². The highest BCUT2D eigenvalue weighted by molar-refractivity contribution is 5.83. The first kappa shape index (κ1) is 26.5. The average molecular weight is 408 g/mol. The van der Waals surface area contributed by atoms with Crippen LogP contribution >= 0.6 is 0 Å². The molecule has 0 aromatic heterocycles. The fourth-order valence-electron chi connectivity index (χ4n) is 4.74. The summed E-state index contributed by atoms with van der Waals surface area (Å²) in [5.74, 6) is 1.37. The molecule has 1 atom stereocenters.